The molecule has 0 saturated carbocycles. The molecule has 0 aliphatic carbocycles. The summed E-state index contributed by atoms with van der Waals surface area (Å²) in [6.45, 7) is 6.58. The molecule has 0 aromatic rings. The van der Waals surface area contributed by atoms with Crippen molar-refractivity contribution in [2.45, 2.75) is 361 Å². The first-order valence-corrected chi connectivity index (χ1v) is 33.1. The average Bonchev–Trinajstić information content (AvgIpc) is 3.41. The molecule has 0 spiro atoms. The van der Waals surface area contributed by atoms with Gasteiger partial charge in [0.2, 0.25) is 0 Å². The van der Waals surface area contributed by atoms with Crippen molar-refractivity contribution >= 4 is 17.9 Å². The zero-order chi connectivity index (χ0) is 54.3. The molecule has 6 heteroatoms. The molecule has 0 N–H and O–H groups in total. The molecule has 438 valence electrons. The highest BCUT2D eigenvalue weighted by atomic mass is 16.6. The Labute approximate surface area is 467 Å². The minimum atomic E-state index is -0.766. The van der Waals surface area contributed by atoms with E-state index in [1.807, 2.05) is 0 Å². The number of unbranched alkanes of at least 4 members (excludes halogenated alkanes) is 42. The molecule has 0 rings (SSSR count). The van der Waals surface area contributed by atoms with Crippen molar-refractivity contribution in [2.75, 3.05) is 13.2 Å². The molecule has 0 aromatic carbocycles. The Morgan fingerprint density at radius 2 is 0.520 bits per heavy atom. The second-order valence-electron chi connectivity index (χ2n) is 22.4. The van der Waals surface area contributed by atoms with Crippen LogP contribution in [0.3, 0.4) is 0 Å². The van der Waals surface area contributed by atoms with Crippen LogP contribution in [-0.4, -0.2) is 37.2 Å². The summed E-state index contributed by atoms with van der Waals surface area (Å²) >= 11 is 0. The van der Waals surface area contributed by atoms with E-state index in [1.165, 1.54) is 231 Å². The van der Waals surface area contributed by atoms with Crippen LogP contribution in [0.5, 0.6) is 0 Å². The summed E-state index contributed by atoms with van der Waals surface area (Å²) < 4.78 is 16.9. The lowest BCUT2D eigenvalue weighted by Crippen LogP contribution is -2.30. The van der Waals surface area contributed by atoms with Gasteiger partial charge in [0.1, 0.15) is 13.2 Å². The lowest BCUT2D eigenvalue weighted by molar-refractivity contribution is -0.167. The van der Waals surface area contributed by atoms with Gasteiger partial charge in [-0.25, -0.2) is 0 Å². The lowest BCUT2D eigenvalue weighted by Gasteiger charge is -2.18. The van der Waals surface area contributed by atoms with Crippen LogP contribution in [0.4, 0.5) is 0 Å². The maximum Gasteiger partial charge on any atom is 0.306 e. The van der Waals surface area contributed by atoms with E-state index in [0.29, 0.717) is 19.3 Å². The SMILES string of the molecule is CC/C=C\C/C=C\C/C=C\C/C=C\CCCCCCCCCCCCCCCCCCCCC(=O)OCC(COC(=O)CCCCCCCCCCCCCC)OC(=O)CCCCCCCCCCCCCCCC. The average molecular weight is 1050 g/mol. The molecule has 1 atom stereocenters. The van der Waals surface area contributed by atoms with E-state index in [9.17, 15) is 14.4 Å². The van der Waals surface area contributed by atoms with E-state index in [0.717, 1.165) is 83.5 Å². The first kappa shape index (κ1) is 72.4. The van der Waals surface area contributed by atoms with Gasteiger partial charge in [-0.3, -0.25) is 14.4 Å². The first-order chi connectivity index (χ1) is 37.0. The number of hydrogen-bond donors (Lipinski definition) is 0. The molecule has 0 aromatic heterocycles. The normalized spacial score (nSPS) is 12.3. The van der Waals surface area contributed by atoms with Crippen LogP contribution in [-0.2, 0) is 28.6 Å². The van der Waals surface area contributed by atoms with Crippen molar-refractivity contribution in [3.05, 3.63) is 48.6 Å². The second-order valence-corrected chi connectivity index (χ2v) is 22.4. The minimum absolute atomic E-state index is 0.0653. The Hall–Kier alpha value is -2.63. The van der Waals surface area contributed by atoms with Crippen LogP contribution < -0.4 is 0 Å². The summed E-state index contributed by atoms with van der Waals surface area (Å²) in [5, 5.41) is 0. The van der Waals surface area contributed by atoms with Crippen molar-refractivity contribution < 1.29 is 28.6 Å². The van der Waals surface area contributed by atoms with Crippen molar-refractivity contribution in [2.24, 2.45) is 0 Å². The van der Waals surface area contributed by atoms with Crippen molar-refractivity contribution in [3.8, 4) is 0 Å². The highest BCUT2D eigenvalue weighted by molar-refractivity contribution is 5.71. The second kappa shape index (κ2) is 63.9. The van der Waals surface area contributed by atoms with E-state index < -0.39 is 6.10 Å². The third-order valence-electron chi connectivity index (χ3n) is 14.8. The summed E-state index contributed by atoms with van der Waals surface area (Å²) in [6, 6.07) is 0. The molecule has 0 bridgehead atoms. The fraction of sp³-hybridized carbons (Fsp3) is 0.841. The molecule has 0 aliphatic rings. The molecular formula is C69H126O6. The summed E-state index contributed by atoms with van der Waals surface area (Å²) in [5.74, 6) is -0.840. The summed E-state index contributed by atoms with van der Waals surface area (Å²) in [7, 11) is 0. The predicted molar refractivity (Wildman–Crippen MR) is 325 cm³/mol. The van der Waals surface area contributed by atoms with Gasteiger partial charge < -0.3 is 14.2 Å². The van der Waals surface area contributed by atoms with Crippen molar-refractivity contribution in [3.63, 3.8) is 0 Å². The molecule has 0 saturated heterocycles. The molecule has 0 aliphatic heterocycles. The van der Waals surface area contributed by atoms with E-state index in [-0.39, 0.29) is 31.1 Å². The molecule has 0 fully saturated rings. The smallest absolute Gasteiger partial charge is 0.306 e. The highest BCUT2D eigenvalue weighted by Gasteiger charge is 2.19. The zero-order valence-corrected chi connectivity index (χ0v) is 50.3. The summed E-state index contributed by atoms with van der Waals surface area (Å²) in [5.41, 5.74) is 0. The largest absolute Gasteiger partial charge is 0.462 e. The maximum absolute atomic E-state index is 12.9. The molecule has 75 heavy (non-hydrogen) atoms. The van der Waals surface area contributed by atoms with Gasteiger partial charge in [0.25, 0.3) is 0 Å². The van der Waals surface area contributed by atoms with Gasteiger partial charge in [-0.1, -0.05) is 326 Å². The number of hydrogen-bond acceptors (Lipinski definition) is 6. The van der Waals surface area contributed by atoms with Gasteiger partial charge >= 0.3 is 17.9 Å². The number of esters is 3. The van der Waals surface area contributed by atoms with Crippen LogP contribution >= 0.6 is 0 Å². The molecule has 0 heterocycles. The van der Waals surface area contributed by atoms with Crippen LogP contribution in [0.2, 0.25) is 0 Å². The summed E-state index contributed by atoms with van der Waals surface area (Å²) in [4.78, 5) is 38.2. The van der Waals surface area contributed by atoms with Gasteiger partial charge in [-0.2, -0.15) is 0 Å². The Morgan fingerprint density at radius 3 is 0.813 bits per heavy atom. The molecule has 6 nitrogen and oxygen atoms in total. The number of ether oxygens (including phenoxy) is 3. The first-order valence-electron chi connectivity index (χ1n) is 33.1. The zero-order valence-electron chi connectivity index (χ0n) is 50.3. The van der Waals surface area contributed by atoms with Gasteiger partial charge in [0.15, 0.2) is 6.10 Å². The van der Waals surface area contributed by atoms with Crippen LogP contribution in [0.1, 0.15) is 355 Å². The van der Waals surface area contributed by atoms with E-state index in [1.54, 1.807) is 0 Å². The van der Waals surface area contributed by atoms with Crippen molar-refractivity contribution in [1.29, 1.82) is 0 Å². The van der Waals surface area contributed by atoms with E-state index in [4.69, 9.17) is 14.2 Å². The standard InChI is InChI=1S/C69H126O6/c1-4-7-10-13-16-19-22-25-27-28-29-30-31-32-33-34-35-36-37-38-39-40-41-42-43-45-47-50-53-56-59-62-68(71)74-65-66(64-73-67(70)61-58-55-52-49-46-24-21-18-15-12-9-6-3)75-69(72)63-60-57-54-51-48-44-26-23-20-17-14-11-8-5-2/h7,10,16,19,25,27,29-30,66H,4-6,8-9,11-15,17-18,20-24,26,28,31-65H2,1-3H3/b10-7-,19-16-,27-25-,30-29-. The van der Waals surface area contributed by atoms with Gasteiger partial charge in [0.05, 0.1) is 0 Å². The third kappa shape index (κ3) is 62.1. The van der Waals surface area contributed by atoms with E-state index in [2.05, 4.69) is 69.4 Å². The summed E-state index contributed by atoms with van der Waals surface area (Å²) in [6.07, 6.45) is 79.9. The molecule has 0 amide bonds. The quantitative estimate of drug-likeness (QED) is 0.0261. The van der Waals surface area contributed by atoms with Gasteiger partial charge in [-0.15, -0.1) is 0 Å². The Bertz CT molecular complexity index is 1300. The number of carbonyl (C=O) groups excluding carboxylic acids is 3. The van der Waals surface area contributed by atoms with Gasteiger partial charge in [-0.05, 0) is 57.8 Å². The minimum Gasteiger partial charge on any atom is -0.462 e. The Morgan fingerprint density at radius 1 is 0.280 bits per heavy atom. The third-order valence-corrected chi connectivity index (χ3v) is 14.8. The number of carbonyl (C=O) groups is 3. The Balaban J connectivity index is 4.10. The van der Waals surface area contributed by atoms with E-state index >= 15 is 0 Å². The fourth-order valence-corrected chi connectivity index (χ4v) is 9.91. The van der Waals surface area contributed by atoms with Gasteiger partial charge in [0, 0.05) is 19.3 Å². The lowest BCUT2D eigenvalue weighted by atomic mass is 10.0. The van der Waals surface area contributed by atoms with Crippen molar-refractivity contribution in [1.82, 2.24) is 0 Å². The van der Waals surface area contributed by atoms with Crippen LogP contribution in [0.25, 0.3) is 0 Å². The van der Waals surface area contributed by atoms with Crippen LogP contribution in [0.15, 0.2) is 48.6 Å². The topological polar surface area (TPSA) is 78.9 Å². The monoisotopic (exact) mass is 1050 g/mol. The molecular weight excluding hydrogens is 925 g/mol. The Kier molecular flexibility index (Phi) is 61.7. The number of rotatable bonds is 61. The van der Waals surface area contributed by atoms with Crippen LogP contribution in [0, 0.1) is 0 Å². The predicted octanol–water partition coefficient (Wildman–Crippen LogP) is 22.6. The number of allylic oxidation sites excluding steroid dienone is 8. The molecule has 1 unspecified atom stereocenters. The maximum atomic E-state index is 12.9. The fourth-order valence-electron chi connectivity index (χ4n) is 9.91. The molecule has 0 radical (unpaired) electrons. The highest BCUT2D eigenvalue weighted by Crippen LogP contribution is 2.18.